The number of aliphatic carboxylic acids is 1. The van der Waals surface area contributed by atoms with Crippen LogP contribution < -0.4 is 15.7 Å². The molecule has 2 N–H and O–H groups in total. The van der Waals surface area contributed by atoms with Crippen LogP contribution in [-0.2, 0) is 17.6 Å². The number of aryl methyl sites for hydroxylation is 1. The molecule has 0 aliphatic rings. The van der Waals surface area contributed by atoms with E-state index in [0.29, 0.717) is 0 Å². The fourth-order valence-corrected chi connectivity index (χ4v) is 2.57. The van der Waals surface area contributed by atoms with Gasteiger partial charge in [-0.15, -0.1) is 0 Å². The van der Waals surface area contributed by atoms with Gasteiger partial charge < -0.3 is 20.5 Å². The zero-order valence-electron chi connectivity index (χ0n) is 14.3. The van der Waals surface area contributed by atoms with Gasteiger partial charge in [0.05, 0.1) is 12.0 Å². The second-order valence-corrected chi connectivity index (χ2v) is 6.10. The van der Waals surface area contributed by atoms with Crippen molar-refractivity contribution in [3.63, 3.8) is 0 Å². The van der Waals surface area contributed by atoms with Crippen molar-refractivity contribution in [1.29, 1.82) is 0 Å². The molecule has 2 aromatic carbocycles. The van der Waals surface area contributed by atoms with Crippen molar-refractivity contribution in [3.8, 4) is 0 Å². The molecular weight excluding hydrogens is 316 g/mol. The average Bonchev–Trinajstić information content (AvgIpc) is 2.61. The Morgan fingerprint density at radius 1 is 0.920 bits per heavy atom. The lowest BCUT2D eigenvalue weighted by atomic mass is 10.1. The van der Waals surface area contributed by atoms with Crippen molar-refractivity contribution < 1.29 is 14.7 Å². The smallest absolute Gasteiger partial charge is 0.315 e. The van der Waals surface area contributed by atoms with Gasteiger partial charge in [-0.25, -0.2) is 4.79 Å². The van der Waals surface area contributed by atoms with Gasteiger partial charge in [0.2, 0.25) is 0 Å². The monoisotopic (exact) mass is 339 g/mol. The summed E-state index contributed by atoms with van der Waals surface area (Å²) >= 11 is 0. The third kappa shape index (κ3) is 6.67. The Kier molecular flexibility index (Phi) is 7.01. The largest absolute Gasteiger partial charge is 0.548 e. The Morgan fingerprint density at radius 3 is 2.04 bits per heavy atom. The summed E-state index contributed by atoms with van der Waals surface area (Å²) in [6, 6.07) is 17.5. The summed E-state index contributed by atoms with van der Waals surface area (Å²) in [5.74, 6) is -1.30. The van der Waals surface area contributed by atoms with E-state index >= 15 is 0 Å². The number of carboxylic acids is 1. The predicted molar refractivity (Wildman–Crippen MR) is 94.8 cm³/mol. The van der Waals surface area contributed by atoms with Crippen LogP contribution in [-0.4, -0.2) is 24.1 Å². The summed E-state index contributed by atoms with van der Waals surface area (Å²) in [7, 11) is 0. The minimum Gasteiger partial charge on any atom is -0.548 e. The molecule has 0 saturated heterocycles. The lowest BCUT2D eigenvalue weighted by molar-refractivity contribution is -0.308. The van der Waals surface area contributed by atoms with Crippen molar-refractivity contribution in [2.24, 2.45) is 0 Å². The van der Waals surface area contributed by atoms with Crippen LogP contribution in [0.15, 0.2) is 60.7 Å². The van der Waals surface area contributed by atoms with Crippen molar-refractivity contribution in [2.45, 2.75) is 38.3 Å². The molecule has 0 bridgehead atoms. The topological polar surface area (TPSA) is 81.3 Å². The predicted octanol–water partition coefficient (Wildman–Crippen LogP) is 1.67. The minimum absolute atomic E-state index is 0.0701. The van der Waals surface area contributed by atoms with E-state index < -0.39 is 18.0 Å². The van der Waals surface area contributed by atoms with Gasteiger partial charge in [0.15, 0.2) is 0 Å². The molecule has 132 valence electrons. The molecule has 0 unspecified atom stereocenters. The van der Waals surface area contributed by atoms with Gasteiger partial charge in [0.1, 0.15) is 0 Å². The van der Waals surface area contributed by atoms with E-state index in [1.807, 2.05) is 67.6 Å². The molecule has 0 aromatic heterocycles. The Labute approximate surface area is 148 Å². The number of urea groups is 1. The Balaban J connectivity index is 1.81. The van der Waals surface area contributed by atoms with E-state index in [0.717, 1.165) is 18.4 Å². The number of hydrogen-bond donors (Lipinski definition) is 2. The van der Waals surface area contributed by atoms with Crippen LogP contribution in [0.25, 0.3) is 0 Å². The number of hydrogen-bond acceptors (Lipinski definition) is 3. The first-order valence-corrected chi connectivity index (χ1v) is 8.40. The molecule has 0 fully saturated rings. The fraction of sp³-hybridized carbons (Fsp3) is 0.300. The first-order valence-electron chi connectivity index (χ1n) is 8.40. The summed E-state index contributed by atoms with van der Waals surface area (Å²) < 4.78 is 0. The zero-order chi connectivity index (χ0) is 18.1. The molecule has 2 aromatic rings. The molecule has 2 amide bonds. The molecule has 0 aliphatic carbocycles. The van der Waals surface area contributed by atoms with Crippen LogP contribution in [0.5, 0.6) is 0 Å². The second kappa shape index (κ2) is 9.47. The van der Waals surface area contributed by atoms with Gasteiger partial charge in [-0.05, 0) is 37.3 Å². The molecule has 0 radical (unpaired) electrons. The number of rotatable bonds is 8. The molecule has 25 heavy (non-hydrogen) atoms. The van der Waals surface area contributed by atoms with Crippen LogP contribution in [0, 0.1) is 0 Å². The molecule has 0 aliphatic heterocycles. The quantitative estimate of drug-likeness (QED) is 0.767. The van der Waals surface area contributed by atoms with Gasteiger partial charge in [-0.3, -0.25) is 0 Å². The number of carboxylic acid groups (broad SMARTS) is 1. The van der Waals surface area contributed by atoms with Crippen molar-refractivity contribution in [3.05, 3.63) is 71.8 Å². The second-order valence-electron chi connectivity index (χ2n) is 6.10. The first kappa shape index (κ1) is 18.5. The van der Waals surface area contributed by atoms with Gasteiger partial charge in [0, 0.05) is 6.04 Å². The van der Waals surface area contributed by atoms with Gasteiger partial charge >= 0.3 is 6.03 Å². The summed E-state index contributed by atoms with van der Waals surface area (Å²) in [5, 5.41) is 16.5. The highest BCUT2D eigenvalue weighted by Gasteiger charge is 2.15. The Bertz CT molecular complexity index is 674. The Hall–Kier alpha value is -2.82. The molecule has 5 nitrogen and oxygen atoms in total. The van der Waals surface area contributed by atoms with Crippen LogP contribution in [0.1, 0.15) is 24.5 Å². The third-order valence-electron chi connectivity index (χ3n) is 3.96. The lowest BCUT2D eigenvalue weighted by Gasteiger charge is -2.22. The maximum absolute atomic E-state index is 12.1. The van der Waals surface area contributed by atoms with E-state index in [1.165, 1.54) is 5.56 Å². The van der Waals surface area contributed by atoms with Crippen LogP contribution in [0.3, 0.4) is 0 Å². The minimum atomic E-state index is -1.30. The van der Waals surface area contributed by atoms with E-state index in [2.05, 4.69) is 10.6 Å². The van der Waals surface area contributed by atoms with E-state index in [-0.39, 0.29) is 12.5 Å². The number of carbonyl (C=O) groups is 2. The Morgan fingerprint density at radius 2 is 1.48 bits per heavy atom. The summed E-state index contributed by atoms with van der Waals surface area (Å²) in [4.78, 5) is 23.3. The van der Waals surface area contributed by atoms with Crippen LogP contribution in [0.4, 0.5) is 4.79 Å². The molecule has 0 heterocycles. The highest BCUT2D eigenvalue weighted by atomic mass is 16.4. The highest BCUT2D eigenvalue weighted by molar-refractivity contribution is 5.81. The molecule has 0 spiro atoms. The zero-order valence-corrected chi connectivity index (χ0v) is 14.3. The SMILES string of the molecule is C[C@@H](CCc1ccccc1)NC(=O)N[C@@H](Cc1ccccc1)C(=O)[O-]. The van der Waals surface area contributed by atoms with E-state index in [4.69, 9.17) is 0 Å². The number of carbonyl (C=O) groups excluding carboxylic acids is 2. The first-order chi connectivity index (χ1) is 12.0. The summed E-state index contributed by atoms with van der Waals surface area (Å²) in [6.45, 7) is 1.90. The van der Waals surface area contributed by atoms with E-state index in [1.54, 1.807) is 0 Å². The standard InChI is InChI=1S/C20H24N2O3/c1-15(12-13-16-8-4-2-5-9-16)21-20(25)22-18(19(23)24)14-17-10-6-3-7-11-17/h2-11,15,18H,12-14H2,1H3,(H,23,24)(H2,21,22,25)/p-1/t15-,18-/m0/s1. The van der Waals surface area contributed by atoms with Crippen LogP contribution in [0.2, 0.25) is 0 Å². The van der Waals surface area contributed by atoms with Crippen LogP contribution >= 0.6 is 0 Å². The average molecular weight is 339 g/mol. The molecule has 5 heteroatoms. The molecule has 0 saturated carbocycles. The van der Waals surface area contributed by atoms with Gasteiger partial charge in [-0.1, -0.05) is 60.7 Å². The number of benzene rings is 2. The third-order valence-corrected chi connectivity index (χ3v) is 3.96. The summed E-state index contributed by atoms with van der Waals surface area (Å²) in [6.07, 6.45) is 1.80. The van der Waals surface area contributed by atoms with Crippen molar-refractivity contribution in [1.82, 2.24) is 10.6 Å². The molecule has 2 rings (SSSR count). The molecular formula is C20H23N2O3-. The number of nitrogens with one attached hydrogen (secondary N) is 2. The normalized spacial score (nSPS) is 12.8. The summed E-state index contributed by atoms with van der Waals surface area (Å²) in [5.41, 5.74) is 2.03. The van der Waals surface area contributed by atoms with Crippen molar-refractivity contribution >= 4 is 12.0 Å². The lowest BCUT2D eigenvalue weighted by Crippen LogP contribution is -2.53. The highest BCUT2D eigenvalue weighted by Crippen LogP contribution is 2.05. The van der Waals surface area contributed by atoms with Crippen molar-refractivity contribution in [2.75, 3.05) is 0 Å². The fourth-order valence-electron chi connectivity index (χ4n) is 2.57. The number of amides is 2. The van der Waals surface area contributed by atoms with E-state index in [9.17, 15) is 14.7 Å². The van der Waals surface area contributed by atoms with Gasteiger partial charge in [-0.2, -0.15) is 0 Å². The van der Waals surface area contributed by atoms with Gasteiger partial charge in [0.25, 0.3) is 0 Å². The molecule has 2 atom stereocenters. The maximum Gasteiger partial charge on any atom is 0.315 e. The maximum atomic E-state index is 12.1.